The molecule has 1 heteroatoms. The first-order valence-electron chi connectivity index (χ1n) is 5.97. The van der Waals surface area contributed by atoms with E-state index in [4.69, 9.17) is 4.74 Å². The zero-order chi connectivity index (χ0) is 11.0. The zero-order valence-corrected chi connectivity index (χ0v) is 9.62. The molecule has 2 aromatic carbocycles. The normalized spacial score (nSPS) is 14.8. The number of hydrogen-bond acceptors (Lipinski definition) is 1. The van der Waals surface area contributed by atoms with E-state index in [1.807, 2.05) is 6.07 Å². The molecule has 0 radical (unpaired) electrons. The molecule has 0 aliphatic heterocycles. The molecule has 16 heavy (non-hydrogen) atoms. The SMILES string of the molecule is COc1ccc2ccc3c(c2c1)CCCC3. The van der Waals surface area contributed by atoms with E-state index < -0.39 is 0 Å². The maximum Gasteiger partial charge on any atom is 0.119 e. The van der Waals surface area contributed by atoms with Crippen LogP contribution in [0.15, 0.2) is 30.3 Å². The molecule has 0 saturated heterocycles. The van der Waals surface area contributed by atoms with Gasteiger partial charge in [0.15, 0.2) is 0 Å². The van der Waals surface area contributed by atoms with Crippen molar-refractivity contribution in [3.63, 3.8) is 0 Å². The fourth-order valence-electron chi connectivity index (χ4n) is 2.68. The molecule has 3 rings (SSSR count). The number of aryl methyl sites for hydroxylation is 2. The number of methoxy groups -OCH3 is 1. The first-order chi connectivity index (χ1) is 7.88. The van der Waals surface area contributed by atoms with Gasteiger partial charge in [0.2, 0.25) is 0 Å². The number of ether oxygens (including phenoxy) is 1. The van der Waals surface area contributed by atoms with Gasteiger partial charge in [-0.1, -0.05) is 18.2 Å². The van der Waals surface area contributed by atoms with Crippen molar-refractivity contribution in [2.45, 2.75) is 25.7 Å². The topological polar surface area (TPSA) is 9.23 Å². The van der Waals surface area contributed by atoms with Gasteiger partial charge in [-0.05, 0) is 59.7 Å². The Labute approximate surface area is 96.0 Å². The molecule has 1 aliphatic rings. The van der Waals surface area contributed by atoms with Gasteiger partial charge in [0.1, 0.15) is 5.75 Å². The maximum atomic E-state index is 5.31. The lowest BCUT2D eigenvalue weighted by Gasteiger charge is -2.18. The van der Waals surface area contributed by atoms with Crippen molar-refractivity contribution in [3.8, 4) is 5.75 Å². The van der Waals surface area contributed by atoms with Crippen LogP contribution in [0.5, 0.6) is 5.75 Å². The number of rotatable bonds is 1. The third kappa shape index (κ3) is 1.47. The summed E-state index contributed by atoms with van der Waals surface area (Å²) in [6, 6.07) is 10.9. The smallest absolute Gasteiger partial charge is 0.119 e. The van der Waals surface area contributed by atoms with Gasteiger partial charge in [0.25, 0.3) is 0 Å². The highest BCUT2D eigenvalue weighted by Crippen LogP contribution is 2.31. The lowest BCUT2D eigenvalue weighted by atomic mass is 9.88. The second-order valence-corrected chi connectivity index (χ2v) is 4.50. The van der Waals surface area contributed by atoms with Crippen molar-refractivity contribution in [1.29, 1.82) is 0 Å². The lowest BCUT2D eigenvalue weighted by molar-refractivity contribution is 0.415. The van der Waals surface area contributed by atoms with Gasteiger partial charge in [0.05, 0.1) is 7.11 Å². The second kappa shape index (κ2) is 3.82. The average Bonchev–Trinajstić information content (AvgIpc) is 2.38. The first-order valence-corrected chi connectivity index (χ1v) is 5.97. The van der Waals surface area contributed by atoms with E-state index in [1.165, 1.54) is 42.0 Å². The number of fused-ring (bicyclic) bond motifs is 3. The summed E-state index contributed by atoms with van der Waals surface area (Å²) in [5, 5.41) is 2.72. The highest BCUT2D eigenvalue weighted by molar-refractivity contribution is 5.88. The van der Waals surface area contributed by atoms with E-state index in [-0.39, 0.29) is 0 Å². The van der Waals surface area contributed by atoms with Crippen molar-refractivity contribution >= 4 is 10.8 Å². The molecule has 0 saturated carbocycles. The Morgan fingerprint density at radius 1 is 1.00 bits per heavy atom. The summed E-state index contributed by atoms with van der Waals surface area (Å²) in [5.41, 5.74) is 3.08. The van der Waals surface area contributed by atoms with Gasteiger partial charge in [0, 0.05) is 0 Å². The Morgan fingerprint density at radius 2 is 1.81 bits per heavy atom. The molecule has 2 aromatic rings. The van der Waals surface area contributed by atoms with Gasteiger partial charge < -0.3 is 4.74 Å². The summed E-state index contributed by atoms with van der Waals surface area (Å²) in [7, 11) is 1.73. The molecule has 0 amide bonds. The van der Waals surface area contributed by atoms with Crippen LogP contribution < -0.4 is 4.74 Å². The Kier molecular flexibility index (Phi) is 2.32. The first kappa shape index (κ1) is 9.71. The average molecular weight is 212 g/mol. The van der Waals surface area contributed by atoms with Crippen LogP contribution in [-0.4, -0.2) is 7.11 Å². The monoisotopic (exact) mass is 212 g/mol. The van der Waals surface area contributed by atoms with Crippen LogP contribution in [0.4, 0.5) is 0 Å². The zero-order valence-electron chi connectivity index (χ0n) is 9.62. The summed E-state index contributed by atoms with van der Waals surface area (Å²) in [5.74, 6) is 0.964. The quantitative estimate of drug-likeness (QED) is 0.700. The Balaban J connectivity index is 2.27. The van der Waals surface area contributed by atoms with Crippen molar-refractivity contribution in [3.05, 3.63) is 41.5 Å². The van der Waals surface area contributed by atoms with Crippen LogP contribution in [0.1, 0.15) is 24.0 Å². The lowest BCUT2D eigenvalue weighted by Crippen LogP contribution is -2.03. The van der Waals surface area contributed by atoms with E-state index in [0.717, 1.165) is 5.75 Å². The van der Waals surface area contributed by atoms with Crippen molar-refractivity contribution < 1.29 is 4.74 Å². The number of hydrogen-bond donors (Lipinski definition) is 0. The maximum absolute atomic E-state index is 5.31. The van der Waals surface area contributed by atoms with Gasteiger partial charge in [-0.3, -0.25) is 0 Å². The Hall–Kier alpha value is -1.50. The van der Waals surface area contributed by atoms with Crippen LogP contribution in [0.25, 0.3) is 10.8 Å². The molecule has 0 N–H and O–H groups in total. The van der Waals surface area contributed by atoms with Crippen LogP contribution in [0.2, 0.25) is 0 Å². The van der Waals surface area contributed by atoms with Crippen molar-refractivity contribution in [2.75, 3.05) is 7.11 Å². The van der Waals surface area contributed by atoms with Gasteiger partial charge in [-0.2, -0.15) is 0 Å². The van der Waals surface area contributed by atoms with Crippen LogP contribution in [0, 0.1) is 0 Å². The molecule has 0 aromatic heterocycles. The van der Waals surface area contributed by atoms with E-state index in [9.17, 15) is 0 Å². The summed E-state index contributed by atoms with van der Waals surface area (Å²) < 4.78 is 5.31. The number of benzene rings is 2. The molecule has 0 bridgehead atoms. The molecule has 0 unspecified atom stereocenters. The molecule has 1 nitrogen and oxygen atoms in total. The van der Waals surface area contributed by atoms with E-state index >= 15 is 0 Å². The Morgan fingerprint density at radius 3 is 2.69 bits per heavy atom. The Bertz CT molecular complexity index is 523. The minimum atomic E-state index is 0.964. The standard InChI is InChI=1S/C15H16O/c1-16-13-9-8-12-7-6-11-4-2-3-5-14(11)15(12)10-13/h6-10H,2-5H2,1H3. The second-order valence-electron chi connectivity index (χ2n) is 4.50. The summed E-state index contributed by atoms with van der Waals surface area (Å²) in [6.07, 6.45) is 5.12. The van der Waals surface area contributed by atoms with E-state index in [1.54, 1.807) is 12.7 Å². The molecule has 0 fully saturated rings. The third-order valence-corrected chi connectivity index (χ3v) is 3.56. The minimum absolute atomic E-state index is 0.964. The molecular formula is C15H16O. The molecule has 1 aliphatic carbocycles. The molecule has 82 valence electrons. The fraction of sp³-hybridized carbons (Fsp3) is 0.333. The van der Waals surface area contributed by atoms with Crippen molar-refractivity contribution in [1.82, 2.24) is 0 Å². The summed E-state index contributed by atoms with van der Waals surface area (Å²) in [4.78, 5) is 0. The highest BCUT2D eigenvalue weighted by Gasteiger charge is 2.12. The molecule has 0 atom stereocenters. The fourth-order valence-corrected chi connectivity index (χ4v) is 2.68. The van der Waals surface area contributed by atoms with Gasteiger partial charge >= 0.3 is 0 Å². The van der Waals surface area contributed by atoms with E-state index in [2.05, 4.69) is 24.3 Å². The molecule has 0 heterocycles. The third-order valence-electron chi connectivity index (χ3n) is 3.56. The molecule has 0 spiro atoms. The molecular weight excluding hydrogens is 196 g/mol. The predicted octanol–water partition coefficient (Wildman–Crippen LogP) is 3.73. The van der Waals surface area contributed by atoms with Gasteiger partial charge in [-0.15, -0.1) is 0 Å². The van der Waals surface area contributed by atoms with E-state index in [0.29, 0.717) is 0 Å². The highest BCUT2D eigenvalue weighted by atomic mass is 16.5. The van der Waals surface area contributed by atoms with Crippen LogP contribution in [-0.2, 0) is 12.8 Å². The minimum Gasteiger partial charge on any atom is -0.497 e. The summed E-state index contributed by atoms with van der Waals surface area (Å²) in [6.45, 7) is 0. The largest absolute Gasteiger partial charge is 0.497 e. The predicted molar refractivity (Wildman–Crippen MR) is 67.1 cm³/mol. The van der Waals surface area contributed by atoms with Crippen LogP contribution >= 0.6 is 0 Å². The van der Waals surface area contributed by atoms with Gasteiger partial charge in [-0.25, -0.2) is 0 Å². The van der Waals surface area contributed by atoms with Crippen molar-refractivity contribution in [2.24, 2.45) is 0 Å². The van der Waals surface area contributed by atoms with Crippen LogP contribution in [0.3, 0.4) is 0 Å². The summed E-state index contributed by atoms with van der Waals surface area (Å²) >= 11 is 0.